The summed E-state index contributed by atoms with van der Waals surface area (Å²) in [7, 11) is 0. The van der Waals surface area contributed by atoms with E-state index in [1.54, 1.807) is 56.7 Å². The molecular weight excluding hydrogens is 597 g/mol. The number of hydrogen-bond donors (Lipinski definition) is 3. The van der Waals surface area contributed by atoms with Crippen molar-refractivity contribution in [2.24, 2.45) is 0 Å². The van der Waals surface area contributed by atoms with Gasteiger partial charge < -0.3 is 30.8 Å². The fourth-order valence-electron chi connectivity index (χ4n) is 3.53. The predicted octanol–water partition coefficient (Wildman–Crippen LogP) is 4.86. The van der Waals surface area contributed by atoms with Crippen LogP contribution < -0.4 is 20.9 Å². The minimum Gasteiger partial charge on any atom is -0.485 e. The monoisotopic (exact) mass is 620 g/mol. The third-order valence-electron chi connectivity index (χ3n) is 5.44. The standard InChI is InChI=1S/C26H22N2O6S5/c27-14(26(30)31)11-32-15-9-21(17-3-1-7-35-17)38-24(15)19-5-6-20(37-19)25-16(33-12-23(28)34-13-29)10-22(39-25)18-4-2-8-36-18/h1-10,13-14,23H,11-12,27-28H2,(H,30,31)/p+2/t14-,23-/m0/s1. The molecule has 0 unspecified atom stereocenters. The molecule has 0 aliphatic rings. The van der Waals surface area contributed by atoms with Crippen molar-refractivity contribution < 1.29 is 40.4 Å². The van der Waals surface area contributed by atoms with E-state index in [4.69, 9.17) is 14.2 Å². The van der Waals surface area contributed by atoms with Crippen molar-refractivity contribution in [3.63, 3.8) is 0 Å². The Hall–Kier alpha value is -3.04. The summed E-state index contributed by atoms with van der Waals surface area (Å²) in [6.07, 6.45) is -0.622. The van der Waals surface area contributed by atoms with Crippen LogP contribution in [0.15, 0.2) is 59.3 Å². The van der Waals surface area contributed by atoms with E-state index < -0.39 is 18.2 Å². The molecule has 2 atom stereocenters. The van der Waals surface area contributed by atoms with E-state index in [9.17, 15) is 14.7 Å². The first-order chi connectivity index (χ1) is 18.9. The number of carboxylic acid groups (broad SMARTS) is 1. The normalized spacial score (nSPS) is 12.7. The molecule has 202 valence electrons. The summed E-state index contributed by atoms with van der Waals surface area (Å²) >= 11 is 8.15. The van der Waals surface area contributed by atoms with Gasteiger partial charge in [0.25, 0.3) is 12.7 Å². The van der Waals surface area contributed by atoms with Crippen molar-refractivity contribution in [3.05, 3.63) is 59.3 Å². The van der Waals surface area contributed by atoms with Crippen molar-refractivity contribution in [3.8, 4) is 50.5 Å². The molecule has 0 radical (unpaired) electrons. The van der Waals surface area contributed by atoms with Gasteiger partial charge in [-0.3, -0.25) is 4.79 Å². The molecule has 0 aromatic carbocycles. The van der Waals surface area contributed by atoms with Crippen LogP contribution in [0.3, 0.4) is 0 Å². The number of carboxylic acids is 1. The average molecular weight is 621 g/mol. The lowest BCUT2D eigenvalue weighted by Gasteiger charge is -2.09. The highest BCUT2D eigenvalue weighted by Crippen LogP contribution is 2.51. The summed E-state index contributed by atoms with van der Waals surface area (Å²) in [6.45, 7) is 0.480. The molecule has 0 aliphatic heterocycles. The summed E-state index contributed by atoms with van der Waals surface area (Å²) in [4.78, 5) is 30.3. The van der Waals surface area contributed by atoms with Crippen LogP contribution in [0.2, 0.25) is 0 Å². The van der Waals surface area contributed by atoms with E-state index in [-0.39, 0.29) is 13.2 Å². The molecule has 5 rings (SSSR count). The third-order valence-corrected chi connectivity index (χ3v) is 11.2. The number of carbonyl (C=O) groups is 2. The minimum atomic E-state index is -1.00. The highest BCUT2D eigenvalue weighted by atomic mass is 32.1. The second-order valence-electron chi connectivity index (χ2n) is 8.24. The quantitative estimate of drug-likeness (QED) is 0.127. The van der Waals surface area contributed by atoms with Gasteiger partial charge in [-0.05, 0) is 35.0 Å². The molecule has 0 saturated heterocycles. The highest BCUT2D eigenvalue weighted by Gasteiger charge is 2.23. The van der Waals surface area contributed by atoms with Crippen LogP contribution in [0.5, 0.6) is 11.5 Å². The number of quaternary nitrogens is 2. The molecule has 0 fully saturated rings. The Morgan fingerprint density at radius 3 is 1.79 bits per heavy atom. The molecule has 5 heterocycles. The summed E-state index contributed by atoms with van der Waals surface area (Å²) in [6, 6.07) is 15.3. The van der Waals surface area contributed by atoms with Gasteiger partial charge in [0.2, 0.25) is 6.04 Å². The molecule has 0 bridgehead atoms. The fraction of sp³-hybridized carbons (Fsp3) is 0.154. The second kappa shape index (κ2) is 12.4. The molecule has 8 nitrogen and oxygen atoms in total. The second-order valence-corrected chi connectivity index (χ2v) is 13.3. The summed E-state index contributed by atoms with van der Waals surface area (Å²) in [5.41, 5.74) is 7.47. The van der Waals surface area contributed by atoms with Crippen molar-refractivity contribution in [1.82, 2.24) is 0 Å². The SMILES string of the molecule is [NH3+][C@H](COc1cc(-c2cccs2)sc1-c1ccc(-c2sc(-c3cccs3)cc2OC[C@H]([NH3+])C(=O)O)s1)OC=O. The lowest BCUT2D eigenvalue weighted by atomic mass is 10.3. The fourth-order valence-corrected chi connectivity index (χ4v) is 8.62. The molecule has 0 amide bonds. The smallest absolute Gasteiger partial charge is 0.366 e. The van der Waals surface area contributed by atoms with Gasteiger partial charge in [0.05, 0.1) is 9.75 Å². The largest absolute Gasteiger partial charge is 0.485 e. The molecule has 13 heteroatoms. The summed E-state index contributed by atoms with van der Waals surface area (Å²) < 4.78 is 16.9. The molecule has 5 aromatic heterocycles. The van der Waals surface area contributed by atoms with Gasteiger partial charge in [0.15, 0.2) is 13.2 Å². The Labute approximate surface area is 243 Å². The molecular formula is C26H24N2O6S5+2. The Bertz CT molecular complexity index is 1540. The number of hydrogen-bond acceptors (Lipinski definition) is 10. The molecule has 39 heavy (non-hydrogen) atoms. The van der Waals surface area contributed by atoms with Crippen molar-refractivity contribution >= 4 is 69.1 Å². The first-order valence-electron chi connectivity index (χ1n) is 11.6. The third kappa shape index (κ3) is 6.41. The van der Waals surface area contributed by atoms with E-state index >= 15 is 0 Å². The Morgan fingerprint density at radius 1 is 0.795 bits per heavy atom. The highest BCUT2D eigenvalue weighted by molar-refractivity contribution is 7.29. The Kier molecular flexibility index (Phi) is 8.77. The summed E-state index contributed by atoms with van der Waals surface area (Å²) in [5, 5.41) is 13.3. The van der Waals surface area contributed by atoms with Crippen LogP contribution in [-0.4, -0.2) is 43.0 Å². The zero-order valence-corrected chi connectivity index (χ0v) is 24.4. The zero-order chi connectivity index (χ0) is 27.4. The Morgan fingerprint density at radius 2 is 1.33 bits per heavy atom. The van der Waals surface area contributed by atoms with E-state index in [1.165, 1.54) is 0 Å². The van der Waals surface area contributed by atoms with E-state index in [2.05, 4.69) is 29.7 Å². The van der Waals surface area contributed by atoms with E-state index in [1.807, 2.05) is 41.1 Å². The van der Waals surface area contributed by atoms with E-state index in [0.717, 1.165) is 39.0 Å². The van der Waals surface area contributed by atoms with Crippen LogP contribution in [0.1, 0.15) is 0 Å². The first-order valence-corrected chi connectivity index (χ1v) is 15.8. The zero-order valence-electron chi connectivity index (χ0n) is 20.4. The number of rotatable bonds is 13. The molecule has 0 aliphatic carbocycles. The number of carbonyl (C=O) groups excluding carboxylic acids is 1. The van der Waals surface area contributed by atoms with Crippen molar-refractivity contribution in [2.75, 3.05) is 13.2 Å². The van der Waals surface area contributed by atoms with Gasteiger partial charge in [-0.25, -0.2) is 4.79 Å². The number of aliphatic carboxylic acids is 1. The summed E-state index contributed by atoms with van der Waals surface area (Å²) in [5.74, 6) is 0.335. The predicted molar refractivity (Wildman–Crippen MR) is 157 cm³/mol. The van der Waals surface area contributed by atoms with Gasteiger partial charge in [-0.1, -0.05) is 12.1 Å². The van der Waals surface area contributed by atoms with Gasteiger partial charge in [-0.15, -0.1) is 56.7 Å². The van der Waals surface area contributed by atoms with Gasteiger partial charge in [0, 0.05) is 41.4 Å². The van der Waals surface area contributed by atoms with E-state index in [0.29, 0.717) is 18.0 Å². The minimum absolute atomic E-state index is 0.0245. The maximum atomic E-state index is 11.3. The van der Waals surface area contributed by atoms with Gasteiger partial charge in [0.1, 0.15) is 11.5 Å². The maximum Gasteiger partial charge on any atom is 0.366 e. The van der Waals surface area contributed by atoms with Crippen LogP contribution >= 0.6 is 56.7 Å². The Balaban J connectivity index is 1.48. The van der Waals surface area contributed by atoms with Crippen LogP contribution in [0.4, 0.5) is 0 Å². The van der Waals surface area contributed by atoms with Crippen molar-refractivity contribution in [2.45, 2.75) is 12.3 Å². The molecule has 0 saturated carbocycles. The van der Waals surface area contributed by atoms with Crippen LogP contribution in [-0.2, 0) is 14.3 Å². The van der Waals surface area contributed by atoms with Crippen molar-refractivity contribution in [1.29, 1.82) is 0 Å². The molecule has 5 aromatic rings. The molecule has 7 N–H and O–H groups in total. The molecule has 0 spiro atoms. The first kappa shape index (κ1) is 27.5. The number of ether oxygens (including phenoxy) is 3. The van der Waals surface area contributed by atoms with Crippen LogP contribution in [0, 0.1) is 0 Å². The lowest BCUT2D eigenvalue weighted by Crippen LogP contribution is -2.67. The van der Waals surface area contributed by atoms with Gasteiger partial charge in [-0.2, -0.15) is 0 Å². The topological polar surface area (TPSA) is 137 Å². The average Bonchev–Trinajstić information content (AvgIpc) is 3.74. The van der Waals surface area contributed by atoms with Gasteiger partial charge >= 0.3 is 5.97 Å². The maximum absolute atomic E-state index is 11.3. The lowest BCUT2D eigenvalue weighted by molar-refractivity contribution is -0.482. The number of thiophene rings is 5. The van der Waals surface area contributed by atoms with Crippen LogP contribution in [0.25, 0.3) is 39.0 Å².